The van der Waals surface area contributed by atoms with Crippen LogP contribution in [0.25, 0.3) is 5.65 Å². The van der Waals surface area contributed by atoms with Gasteiger partial charge in [0.1, 0.15) is 12.9 Å². The molecule has 4 rings (SSSR count). The number of aryl methyl sites for hydroxylation is 1. The average Bonchev–Trinajstić information content (AvgIpc) is 3.12. The summed E-state index contributed by atoms with van der Waals surface area (Å²) < 4.78 is 6.98. The van der Waals surface area contributed by atoms with Crippen LogP contribution in [-0.2, 0) is 14.3 Å². The van der Waals surface area contributed by atoms with E-state index in [9.17, 15) is 9.59 Å². The third-order valence-electron chi connectivity index (χ3n) is 3.99. The van der Waals surface area contributed by atoms with Crippen molar-refractivity contribution in [2.24, 2.45) is 5.10 Å². The number of benzene rings is 1. The molecule has 27 heavy (non-hydrogen) atoms. The largest absolute Gasteiger partial charge is 0.466 e. The molecule has 9 nitrogen and oxygen atoms in total. The number of nitrogens with zero attached hydrogens (tertiary/aromatic N) is 5. The number of nitrogens with one attached hydrogen (secondary N) is 1. The van der Waals surface area contributed by atoms with Gasteiger partial charge in [0.15, 0.2) is 12.3 Å². The summed E-state index contributed by atoms with van der Waals surface area (Å²) in [5.41, 5.74) is 3.02. The second kappa shape index (κ2) is 6.87. The number of aromatic nitrogens is 3. The van der Waals surface area contributed by atoms with Crippen molar-refractivity contribution in [1.82, 2.24) is 19.6 Å². The first-order chi connectivity index (χ1) is 13.1. The first-order valence-electron chi connectivity index (χ1n) is 8.26. The second-order valence-electron chi connectivity index (χ2n) is 6.04. The van der Waals surface area contributed by atoms with E-state index >= 15 is 0 Å². The lowest BCUT2D eigenvalue weighted by atomic mass is 10.1. The lowest BCUT2D eigenvalue weighted by Crippen LogP contribution is -2.41. The van der Waals surface area contributed by atoms with E-state index < -0.39 is 0 Å². The smallest absolute Gasteiger partial charge is 0.281 e. The van der Waals surface area contributed by atoms with Crippen molar-refractivity contribution in [3.8, 4) is 0 Å². The molecule has 0 unspecified atom stereocenters. The average molecular weight is 364 g/mol. The number of rotatable bonds is 4. The van der Waals surface area contributed by atoms with Crippen molar-refractivity contribution >= 4 is 29.0 Å². The number of pyridine rings is 1. The van der Waals surface area contributed by atoms with Crippen molar-refractivity contribution in [2.45, 2.75) is 6.92 Å². The molecule has 1 aromatic carbocycles. The molecule has 0 radical (unpaired) electrons. The van der Waals surface area contributed by atoms with Crippen LogP contribution in [0.15, 0.2) is 54.0 Å². The number of ether oxygens (including phenoxy) is 1. The predicted molar refractivity (Wildman–Crippen MR) is 97.0 cm³/mol. The van der Waals surface area contributed by atoms with Crippen LogP contribution in [0.1, 0.15) is 11.1 Å². The standard InChI is InChI=1S/C18H16N6O3/c1-12-2-4-13(5-3-12)18-22-24(17(26)10-27-18)9-16(25)21-14-6-7-23-15(8-14)19-11-20-23/h2-8,11H,9-10H2,1H3,(H,21,25). The van der Waals surface area contributed by atoms with E-state index in [-0.39, 0.29) is 25.0 Å². The monoisotopic (exact) mass is 364 g/mol. The predicted octanol–water partition coefficient (Wildman–Crippen LogP) is 1.20. The molecule has 3 aromatic rings. The van der Waals surface area contributed by atoms with Crippen LogP contribution in [0.5, 0.6) is 0 Å². The number of hydrogen-bond acceptors (Lipinski definition) is 6. The Morgan fingerprint density at radius 1 is 1.26 bits per heavy atom. The number of hydrogen-bond donors (Lipinski definition) is 1. The fourth-order valence-electron chi connectivity index (χ4n) is 2.59. The summed E-state index contributed by atoms with van der Waals surface area (Å²) in [4.78, 5) is 28.4. The first-order valence-corrected chi connectivity index (χ1v) is 8.26. The summed E-state index contributed by atoms with van der Waals surface area (Å²) in [7, 11) is 0. The highest BCUT2D eigenvalue weighted by molar-refractivity contribution is 6.00. The fraction of sp³-hybridized carbons (Fsp3) is 0.167. The molecule has 0 bridgehead atoms. The molecule has 9 heteroatoms. The summed E-state index contributed by atoms with van der Waals surface area (Å²) >= 11 is 0. The molecule has 0 fully saturated rings. The van der Waals surface area contributed by atoms with Gasteiger partial charge in [0, 0.05) is 23.5 Å². The Morgan fingerprint density at radius 2 is 2.07 bits per heavy atom. The maximum Gasteiger partial charge on any atom is 0.281 e. The zero-order valence-electron chi connectivity index (χ0n) is 14.5. The Morgan fingerprint density at radius 3 is 2.89 bits per heavy atom. The number of fused-ring (bicyclic) bond motifs is 1. The van der Waals surface area contributed by atoms with Gasteiger partial charge in [0.25, 0.3) is 5.91 Å². The molecule has 1 N–H and O–H groups in total. The molecule has 136 valence electrons. The Bertz CT molecular complexity index is 1040. The molecule has 0 saturated heterocycles. The minimum absolute atomic E-state index is 0.161. The number of carbonyl (C=O) groups excluding carboxylic acids is 2. The highest BCUT2D eigenvalue weighted by Gasteiger charge is 2.24. The maximum atomic E-state index is 12.3. The summed E-state index contributed by atoms with van der Waals surface area (Å²) in [5.74, 6) is -0.442. The van der Waals surface area contributed by atoms with Crippen molar-refractivity contribution in [3.05, 3.63) is 60.0 Å². The van der Waals surface area contributed by atoms with Crippen LogP contribution in [0.3, 0.4) is 0 Å². The molecule has 3 heterocycles. The van der Waals surface area contributed by atoms with Gasteiger partial charge in [-0.05, 0) is 25.1 Å². The van der Waals surface area contributed by atoms with E-state index in [0.717, 1.165) is 16.1 Å². The number of hydrazone groups is 1. The van der Waals surface area contributed by atoms with Gasteiger partial charge in [0.05, 0.1) is 0 Å². The van der Waals surface area contributed by atoms with Gasteiger partial charge in [0.2, 0.25) is 11.8 Å². The molecular weight excluding hydrogens is 348 g/mol. The summed E-state index contributed by atoms with van der Waals surface area (Å²) in [6.45, 7) is 1.60. The van der Waals surface area contributed by atoms with Gasteiger partial charge >= 0.3 is 0 Å². The quantitative estimate of drug-likeness (QED) is 0.749. The number of anilines is 1. The molecule has 0 saturated carbocycles. The lowest BCUT2D eigenvalue weighted by molar-refractivity contribution is -0.138. The summed E-state index contributed by atoms with van der Waals surface area (Å²) in [6.07, 6.45) is 3.11. The van der Waals surface area contributed by atoms with E-state index in [1.165, 1.54) is 6.33 Å². The van der Waals surface area contributed by atoms with Gasteiger partial charge in [-0.3, -0.25) is 9.59 Å². The van der Waals surface area contributed by atoms with Crippen LogP contribution in [0.4, 0.5) is 5.69 Å². The highest BCUT2D eigenvalue weighted by atomic mass is 16.5. The summed E-state index contributed by atoms with van der Waals surface area (Å²) in [5, 5.41) is 12.0. The topological polar surface area (TPSA) is 101 Å². The highest BCUT2D eigenvalue weighted by Crippen LogP contribution is 2.13. The van der Waals surface area contributed by atoms with Gasteiger partial charge in [-0.1, -0.05) is 17.7 Å². The third-order valence-corrected chi connectivity index (χ3v) is 3.99. The molecule has 0 aliphatic carbocycles. The van der Waals surface area contributed by atoms with Gasteiger partial charge < -0.3 is 10.1 Å². The first kappa shape index (κ1) is 16.7. The molecule has 2 aromatic heterocycles. The van der Waals surface area contributed by atoms with Crippen molar-refractivity contribution in [1.29, 1.82) is 0 Å². The second-order valence-corrected chi connectivity index (χ2v) is 6.04. The lowest BCUT2D eigenvalue weighted by Gasteiger charge is -2.23. The number of carbonyl (C=O) groups is 2. The molecular formula is C18H16N6O3. The van der Waals surface area contributed by atoms with Gasteiger partial charge in [-0.25, -0.2) is 14.5 Å². The zero-order chi connectivity index (χ0) is 18.8. The van der Waals surface area contributed by atoms with Gasteiger partial charge in [-0.2, -0.15) is 5.10 Å². The SMILES string of the molecule is Cc1ccc(C2=NN(CC(=O)Nc3ccn4ncnc4c3)C(=O)CO2)cc1. The maximum absolute atomic E-state index is 12.3. The normalized spacial score (nSPS) is 14.0. The van der Waals surface area contributed by atoms with Gasteiger partial charge in [-0.15, -0.1) is 5.10 Å². The molecule has 1 aliphatic heterocycles. The van der Waals surface area contributed by atoms with E-state index in [4.69, 9.17) is 4.74 Å². The Balaban J connectivity index is 1.47. The third kappa shape index (κ3) is 3.61. The molecule has 0 spiro atoms. The molecule has 0 atom stereocenters. The Kier molecular flexibility index (Phi) is 4.25. The van der Waals surface area contributed by atoms with Crippen molar-refractivity contribution in [2.75, 3.05) is 18.5 Å². The van der Waals surface area contributed by atoms with Crippen LogP contribution >= 0.6 is 0 Å². The van der Waals surface area contributed by atoms with E-state index in [2.05, 4.69) is 20.5 Å². The minimum atomic E-state index is -0.381. The van der Waals surface area contributed by atoms with Crippen LogP contribution in [0, 0.1) is 6.92 Å². The van der Waals surface area contributed by atoms with Crippen molar-refractivity contribution < 1.29 is 14.3 Å². The molecule has 1 aliphatic rings. The van der Waals surface area contributed by atoms with Crippen LogP contribution in [-0.4, -0.2) is 50.5 Å². The Hall–Kier alpha value is -3.75. The van der Waals surface area contributed by atoms with E-state index in [1.54, 1.807) is 22.8 Å². The Labute approximate surface area is 154 Å². The van der Waals surface area contributed by atoms with Crippen molar-refractivity contribution in [3.63, 3.8) is 0 Å². The fourth-order valence-corrected chi connectivity index (χ4v) is 2.59. The number of amides is 2. The van der Waals surface area contributed by atoms with E-state index in [1.807, 2.05) is 31.2 Å². The summed E-state index contributed by atoms with van der Waals surface area (Å²) in [6, 6.07) is 10.9. The van der Waals surface area contributed by atoms with Crippen LogP contribution < -0.4 is 5.32 Å². The zero-order valence-corrected chi connectivity index (χ0v) is 14.5. The van der Waals surface area contributed by atoms with Crippen LogP contribution in [0.2, 0.25) is 0 Å². The minimum Gasteiger partial charge on any atom is -0.466 e. The van der Waals surface area contributed by atoms with E-state index in [0.29, 0.717) is 17.2 Å². The molecule has 2 amide bonds.